The van der Waals surface area contributed by atoms with E-state index >= 15 is 0 Å². The van der Waals surface area contributed by atoms with Gasteiger partial charge in [0.05, 0.1) is 18.4 Å². The summed E-state index contributed by atoms with van der Waals surface area (Å²) in [6, 6.07) is 9.42. The van der Waals surface area contributed by atoms with Gasteiger partial charge in [-0.2, -0.15) is 0 Å². The summed E-state index contributed by atoms with van der Waals surface area (Å²) in [5.41, 5.74) is 4.87. The summed E-state index contributed by atoms with van der Waals surface area (Å²) in [4.78, 5) is 5.06. The van der Waals surface area contributed by atoms with Crippen LogP contribution in [0.1, 0.15) is 49.9 Å². The zero-order valence-electron chi connectivity index (χ0n) is 16.0. The van der Waals surface area contributed by atoms with Gasteiger partial charge in [-0.1, -0.05) is 12.1 Å². The maximum Gasteiger partial charge on any atom is 0.166 e. The molecule has 2 aromatic rings. The van der Waals surface area contributed by atoms with Crippen molar-refractivity contribution >= 4 is 5.71 Å². The first-order chi connectivity index (χ1) is 12.2. The molecule has 2 aliphatic rings. The van der Waals surface area contributed by atoms with Crippen LogP contribution in [0, 0.1) is 0 Å². The first kappa shape index (κ1) is 17.0. The van der Waals surface area contributed by atoms with Crippen LogP contribution >= 0.6 is 0 Å². The topological polar surface area (TPSA) is 51.0 Å². The summed E-state index contributed by atoms with van der Waals surface area (Å²) in [7, 11) is 1.69. The van der Waals surface area contributed by atoms with E-state index in [1.807, 2.05) is 12.1 Å². The van der Waals surface area contributed by atoms with Crippen LogP contribution in [0.25, 0.3) is 0 Å². The van der Waals surface area contributed by atoms with E-state index in [0.29, 0.717) is 0 Å². The lowest BCUT2D eigenvalue weighted by Gasteiger charge is -2.31. The average Bonchev–Trinajstić information content (AvgIpc) is 2.87. The van der Waals surface area contributed by atoms with Gasteiger partial charge in [0.15, 0.2) is 11.5 Å². The van der Waals surface area contributed by atoms with E-state index in [2.05, 4.69) is 33.8 Å². The minimum Gasteiger partial charge on any atom is -0.508 e. The van der Waals surface area contributed by atoms with Gasteiger partial charge in [-0.05, 0) is 57.9 Å². The number of hydrogen-bond acceptors (Lipinski definition) is 4. The van der Waals surface area contributed by atoms with Crippen LogP contribution in [0.3, 0.4) is 0 Å². The first-order valence-electron chi connectivity index (χ1n) is 9.00. The molecule has 0 spiro atoms. The van der Waals surface area contributed by atoms with Gasteiger partial charge in [0, 0.05) is 23.1 Å². The van der Waals surface area contributed by atoms with Gasteiger partial charge >= 0.3 is 0 Å². The molecule has 0 aliphatic carbocycles. The van der Waals surface area contributed by atoms with Crippen molar-refractivity contribution in [3.05, 3.63) is 52.6 Å². The quantitative estimate of drug-likeness (QED) is 0.878. The zero-order chi connectivity index (χ0) is 18.7. The Balaban J connectivity index is 2.00. The van der Waals surface area contributed by atoms with Crippen LogP contribution in [0.2, 0.25) is 0 Å². The lowest BCUT2D eigenvalue weighted by molar-refractivity contribution is 0.134. The predicted octanol–water partition coefficient (Wildman–Crippen LogP) is 4.29. The number of methoxy groups -OCH3 is 1. The monoisotopic (exact) mass is 351 g/mol. The lowest BCUT2D eigenvalue weighted by Crippen LogP contribution is -2.30. The second kappa shape index (κ2) is 5.50. The van der Waals surface area contributed by atoms with Gasteiger partial charge in [0.1, 0.15) is 11.4 Å². The molecule has 4 heteroatoms. The number of hydrogen-bond donors (Lipinski definition) is 1. The van der Waals surface area contributed by atoms with E-state index in [1.54, 1.807) is 19.2 Å². The molecule has 2 aromatic carbocycles. The Morgan fingerprint density at radius 3 is 2.58 bits per heavy atom. The molecule has 0 radical (unpaired) electrons. The molecule has 4 rings (SSSR count). The van der Waals surface area contributed by atoms with Gasteiger partial charge in [0.2, 0.25) is 0 Å². The molecular weight excluding hydrogens is 326 g/mol. The maximum absolute atomic E-state index is 9.98. The summed E-state index contributed by atoms with van der Waals surface area (Å²) in [5, 5.41) is 9.98. The molecule has 0 saturated heterocycles. The summed E-state index contributed by atoms with van der Waals surface area (Å²) < 4.78 is 11.9. The molecule has 0 fully saturated rings. The van der Waals surface area contributed by atoms with Gasteiger partial charge in [0.25, 0.3) is 0 Å². The molecule has 26 heavy (non-hydrogen) atoms. The molecule has 0 amide bonds. The zero-order valence-corrected chi connectivity index (χ0v) is 16.0. The van der Waals surface area contributed by atoms with Crippen molar-refractivity contribution in [1.29, 1.82) is 0 Å². The van der Waals surface area contributed by atoms with E-state index < -0.39 is 0 Å². The average molecular weight is 351 g/mol. The van der Waals surface area contributed by atoms with Crippen molar-refractivity contribution in [3.8, 4) is 17.2 Å². The van der Waals surface area contributed by atoms with Crippen molar-refractivity contribution in [3.63, 3.8) is 0 Å². The third-order valence-electron chi connectivity index (χ3n) is 5.02. The Morgan fingerprint density at radius 2 is 1.88 bits per heavy atom. The number of phenolic OH excluding ortho intramolecular Hbond substituents is 1. The van der Waals surface area contributed by atoms with Gasteiger partial charge in [-0.3, -0.25) is 4.99 Å². The largest absolute Gasteiger partial charge is 0.508 e. The molecule has 0 unspecified atom stereocenters. The number of fused-ring (bicyclic) bond motifs is 3. The second-order valence-electron chi connectivity index (χ2n) is 8.46. The number of aromatic hydroxyl groups is 1. The van der Waals surface area contributed by atoms with E-state index in [1.165, 1.54) is 5.56 Å². The number of benzene rings is 2. The Kier molecular flexibility index (Phi) is 3.59. The van der Waals surface area contributed by atoms with Crippen molar-refractivity contribution in [2.24, 2.45) is 4.99 Å². The van der Waals surface area contributed by atoms with E-state index in [-0.39, 0.29) is 16.9 Å². The third-order valence-corrected chi connectivity index (χ3v) is 5.02. The fourth-order valence-electron chi connectivity index (χ4n) is 4.08. The number of aliphatic imine (C=N–C) groups is 1. The van der Waals surface area contributed by atoms with Gasteiger partial charge in [-0.15, -0.1) is 0 Å². The van der Waals surface area contributed by atoms with Crippen LogP contribution in [-0.2, 0) is 12.8 Å². The Labute approximate surface area is 154 Å². The highest BCUT2D eigenvalue weighted by Crippen LogP contribution is 2.47. The van der Waals surface area contributed by atoms with Crippen molar-refractivity contribution in [2.45, 2.75) is 51.7 Å². The number of rotatable bonds is 2. The third kappa shape index (κ3) is 2.74. The van der Waals surface area contributed by atoms with Gasteiger partial charge < -0.3 is 14.6 Å². The predicted molar refractivity (Wildman–Crippen MR) is 103 cm³/mol. The summed E-state index contributed by atoms with van der Waals surface area (Å²) >= 11 is 0. The molecule has 4 nitrogen and oxygen atoms in total. The normalized spacial score (nSPS) is 19.2. The molecule has 1 N–H and O–H groups in total. The minimum atomic E-state index is -0.276. The molecule has 2 aliphatic heterocycles. The summed E-state index contributed by atoms with van der Waals surface area (Å²) in [6.45, 7) is 8.46. The lowest BCUT2D eigenvalue weighted by atomic mass is 9.81. The molecule has 0 atom stereocenters. The standard InChI is InChI=1S/C22H25NO3/c1-21(2)11-14-10-17(25-5)20-16(12-22(3,4)26-20)18(14)19(23-21)13-7-6-8-15(24)9-13/h6-10,24H,11-12H2,1-5H3. The highest BCUT2D eigenvalue weighted by atomic mass is 16.5. The highest BCUT2D eigenvalue weighted by Gasteiger charge is 2.39. The van der Waals surface area contributed by atoms with Crippen LogP contribution < -0.4 is 9.47 Å². The van der Waals surface area contributed by atoms with E-state index in [9.17, 15) is 5.11 Å². The van der Waals surface area contributed by atoms with E-state index in [4.69, 9.17) is 14.5 Å². The summed E-state index contributed by atoms with van der Waals surface area (Å²) in [5.74, 6) is 1.86. The van der Waals surface area contributed by atoms with Crippen molar-refractivity contribution in [1.82, 2.24) is 0 Å². The van der Waals surface area contributed by atoms with Crippen molar-refractivity contribution < 1.29 is 14.6 Å². The van der Waals surface area contributed by atoms with Crippen LogP contribution in [0.4, 0.5) is 0 Å². The van der Waals surface area contributed by atoms with Crippen LogP contribution in [-0.4, -0.2) is 29.1 Å². The SMILES string of the molecule is COc1cc2c(c3c1OC(C)(C)C3)C(c1cccc(O)c1)=NC(C)(C)C2. The molecule has 0 aromatic heterocycles. The number of phenols is 1. The number of nitrogens with zero attached hydrogens (tertiary/aromatic N) is 1. The molecule has 0 saturated carbocycles. The molecule has 2 heterocycles. The Morgan fingerprint density at radius 1 is 1.12 bits per heavy atom. The van der Waals surface area contributed by atoms with Crippen LogP contribution in [0.5, 0.6) is 17.2 Å². The van der Waals surface area contributed by atoms with E-state index in [0.717, 1.165) is 46.7 Å². The maximum atomic E-state index is 9.98. The molecular formula is C22H25NO3. The smallest absolute Gasteiger partial charge is 0.166 e. The fourth-order valence-corrected chi connectivity index (χ4v) is 4.08. The van der Waals surface area contributed by atoms with Crippen molar-refractivity contribution in [2.75, 3.05) is 7.11 Å². The molecule has 136 valence electrons. The van der Waals surface area contributed by atoms with Crippen LogP contribution in [0.15, 0.2) is 35.3 Å². The minimum absolute atomic E-state index is 0.220. The Hall–Kier alpha value is -2.49. The number of ether oxygens (including phenoxy) is 2. The second-order valence-corrected chi connectivity index (χ2v) is 8.46. The Bertz CT molecular complexity index is 925. The molecule has 0 bridgehead atoms. The summed E-state index contributed by atoms with van der Waals surface area (Å²) in [6.07, 6.45) is 1.65. The first-order valence-corrected chi connectivity index (χ1v) is 9.00. The highest BCUT2D eigenvalue weighted by molar-refractivity contribution is 6.16. The fraction of sp³-hybridized carbons (Fsp3) is 0.409. The van der Waals surface area contributed by atoms with Gasteiger partial charge in [-0.25, -0.2) is 0 Å².